The van der Waals surface area contributed by atoms with Crippen LogP contribution in [0.4, 0.5) is 0 Å². The highest BCUT2D eigenvalue weighted by Gasteiger charge is 2.52. The third-order valence-electron chi connectivity index (χ3n) is 6.85. The van der Waals surface area contributed by atoms with Crippen LogP contribution in [0.3, 0.4) is 0 Å². The Morgan fingerprint density at radius 1 is 0.951 bits per heavy atom. The van der Waals surface area contributed by atoms with E-state index in [1.54, 1.807) is 67.8 Å². The van der Waals surface area contributed by atoms with E-state index >= 15 is 0 Å². The predicted octanol–water partition coefficient (Wildman–Crippen LogP) is 6.43. The molecule has 8 nitrogen and oxygen atoms in total. The van der Waals surface area contributed by atoms with Gasteiger partial charge in [-0.15, -0.1) is 0 Å². The number of ether oxygens (including phenoxy) is 3. The number of esters is 2. The molecule has 4 rings (SSSR count). The van der Waals surface area contributed by atoms with Crippen LogP contribution in [0.15, 0.2) is 73.1 Å². The Morgan fingerprint density at radius 3 is 2.07 bits per heavy atom. The summed E-state index contributed by atoms with van der Waals surface area (Å²) in [5.74, 6) is -1.62. The van der Waals surface area contributed by atoms with Gasteiger partial charge in [-0.3, -0.25) is 14.6 Å². The Bertz CT molecular complexity index is 1340. The standard InChI is InChI=1S/C31H32Cl2N2O6/c1-4-6-25(31(38)39-5-2)35-26(20-7-11-23(32)12-8-20)27(21-9-13-24(33)14-10-21)41-29(30(35)37)28(40-19(3)36)22-15-17-34-18-16-22/h7-18,25-29H,4-6H2,1-3H3/t25-,26-,27+,28?,29+/m1/s1. The summed E-state index contributed by atoms with van der Waals surface area (Å²) in [6, 6.07) is 15.8. The molecule has 1 aromatic heterocycles. The minimum atomic E-state index is -1.28. The molecule has 41 heavy (non-hydrogen) atoms. The number of carbonyl (C=O) groups excluding carboxylic acids is 3. The van der Waals surface area contributed by atoms with Crippen molar-refractivity contribution in [1.82, 2.24) is 9.88 Å². The zero-order chi connectivity index (χ0) is 29.5. The average molecular weight is 600 g/mol. The first-order chi connectivity index (χ1) is 19.7. The lowest BCUT2D eigenvalue weighted by atomic mass is 9.88. The number of amides is 1. The van der Waals surface area contributed by atoms with Gasteiger partial charge in [-0.05, 0) is 66.4 Å². The summed E-state index contributed by atoms with van der Waals surface area (Å²) >= 11 is 12.4. The molecule has 216 valence electrons. The molecule has 3 aromatic rings. The molecule has 1 fully saturated rings. The van der Waals surface area contributed by atoms with Crippen LogP contribution in [-0.4, -0.2) is 46.5 Å². The van der Waals surface area contributed by atoms with Crippen LogP contribution in [0, 0.1) is 0 Å². The topological polar surface area (TPSA) is 95.0 Å². The second kappa shape index (κ2) is 13.9. The molecular formula is C31H32Cl2N2O6. The molecule has 0 saturated carbocycles. The van der Waals surface area contributed by atoms with Gasteiger partial charge in [-0.25, -0.2) is 4.79 Å². The lowest BCUT2D eigenvalue weighted by Crippen LogP contribution is -2.58. The highest BCUT2D eigenvalue weighted by atomic mass is 35.5. The van der Waals surface area contributed by atoms with E-state index in [0.29, 0.717) is 39.6 Å². The molecule has 0 N–H and O–H groups in total. The Labute approximate surface area is 249 Å². The van der Waals surface area contributed by atoms with Crippen LogP contribution < -0.4 is 0 Å². The van der Waals surface area contributed by atoms with Gasteiger partial charge in [0, 0.05) is 29.4 Å². The quantitative estimate of drug-likeness (QED) is 0.248. The molecule has 1 aliphatic rings. The summed E-state index contributed by atoms with van der Waals surface area (Å²) in [5.41, 5.74) is 1.95. The summed E-state index contributed by atoms with van der Waals surface area (Å²) in [6.07, 6.45) is 0.892. The molecule has 0 radical (unpaired) electrons. The molecule has 0 spiro atoms. The summed E-state index contributed by atoms with van der Waals surface area (Å²) in [6.45, 7) is 5.07. The van der Waals surface area contributed by atoms with E-state index in [9.17, 15) is 14.4 Å². The summed E-state index contributed by atoms with van der Waals surface area (Å²) in [7, 11) is 0. The monoisotopic (exact) mass is 598 g/mol. The zero-order valence-electron chi connectivity index (χ0n) is 23.0. The molecule has 1 amide bonds. The number of hydrogen-bond acceptors (Lipinski definition) is 7. The van der Waals surface area contributed by atoms with E-state index in [4.69, 9.17) is 37.4 Å². The highest BCUT2D eigenvalue weighted by Crippen LogP contribution is 2.46. The number of rotatable bonds is 10. The van der Waals surface area contributed by atoms with Crippen LogP contribution in [0.5, 0.6) is 0 Å². The van der Waals surface area contributed by atoms with Crippen LogP contribution in [0.2, 0.25) is 10.0 Å². The molecule has 10 heteroatoms. The average Bonchev–Trinajstić information content (AvgIpc) is 2.96. The molecule has 2 aromatic carbocycles. The third-order valence-corrected chi connectivity index (χ3v) is 7.35. The molecule has 1 saturated heterocycles. The number of benzene rings is 2. The van der Waals surface area contributed by atoms with Crippen LogP contribution in [0.25, 0.3) is 0 Å². The molecule has 2 heterocycles. The minimum absolute atomic E-state index is 0.153. The third kappa shape index (κ3) is 7.07. The first-order valence-corrected chi connectivity index (χ1v) is 14.2. The van der Waals surface area contributed by atoms with Gasteiger partial charge in [0.25, 0.3) is 5.91 Å². The van der Waals surface area contributed by atoms with Crippen LogP contribution >= 0.6 is 23.2 Å². The predicted molar refractivity (Wildman–Crippen MR) is 154 cm³/mol. The number of carbonyl (C=O) groups is 3. The molecule has 1 aliphatic heterocycles. The van der Waals surface area contributed by atoms with E-state index in [1.165, 1.54) is 11.8 Å². The van der Waals surface area contributed by atoms with E-state index in [0.717, 1.165) is 0 Å². The van der Waals surface area contributed by atoms with Crippen LogP contribution in [-0.2, 0) is 28.6 Å². The van der Waals surface area contributed by atoms with E-state index < -0.39 is 48.2 Å². The van der Waals surface area contributed by atoms with Crippen molar-refractivity contribution in [2.75, 3.05) is 6.61 Å². The van der Waals surface area contributed by atoms with Crippen molar-refractivity contribution in [2.24, 2.45) is 0 Å². The maximum Gasteiger partial charge on any atom is 0.328 e. The Kier molecular flexibility index (Phi) is 10.4. The van der Waals surface area contributed by atoms with Crippen molar-refractivity contribution in [1.29, 1.82) is 0 Å². The number of morpholine rings is 1. The largest absolute Gasteiger partial charge is 0.464 e. The maximum absolute atomic E-state index is 14.6. The van der Waals surface area contributed by atoms with E-state index in [2.05, 4.69) is 4.98 Å². The lowest BCUT2D eigenvalue weighted by Gasteiger charge is -2.48. The SMILES string of the molecule is CCC[C@H](C(=O)OCC)N1C(=O)[C@H](C(OC(C)=O)c2ccncc2)O[C@@H](c2ccc(Cl)cc2)[C@H]1c1ccc(Cl)cc1. The van der Waals surface area contributed by atoms with Crippen molar-refractivity contribution in [3.8, 4) is 0 Å². The fourth-order valence-corrected chi connectivity index (χ4v) is 5.35. The molecule has 5 atom stereocenters. The van der Waals surface area contributed by atoms with Gasteiger partial charge in [0.2, 0.25) is 0 Å². The first kappa shape index (κ1) is 30.5. The fourth-order valence-electron chi connectivity index (χ4n) is 5.10. The zero-order valence-corrected chi connectivity index (χ0v) is 24.5. The molecule has 0 bridgehead atoms. The van der Waals surface area contributed by atoms with Gasteiger partial charge < -0.3 is 19.1 Å². The minimum Gasteiger partial charge on any atom is -0.464 e. The van der Waals surface area contributed by atoms with Crippen molar-refractivity contribution < 1.29 is 28.6 Å². The maximum atomic E-state index is 14.6. The van der Waals surface area contributed by atoms with Crippen molar-refractivity contribution in [3.05, 3.63) is 99.8 Å². The number of aromatic nitrogens is 1. The number of nitrogens with zero attached hydrogens (tertiary/aromatic N) is 2. The second-order valence-corrected chi connectivity index (χ2v) is 10.5. The van der Waals surface area contributed by atoms with E-state index in [-0.39, 0.29) is 6.61 Å². The van der Waals surface area contributed by atoms with Gasteiger partial charge >= 0.3 is 11.9 Å². The van der Waals surface area contributed by atoms with Crippen molar-refractivity contribution >= 4 is 41.0 Å². The summed E-state index contributed by atoms with van der Waals surface area (Å²) in [5, 5.41) is 1.05. The van der Waals surface area contributed by atoms with Gasteiger partial charge in [0.15, 0.2) is 12.2 Å². The smallest absolute Gasteiger partial charge is 0.328 e. The van der Waals surface area contributed by atoms with Crippen LogP contribution in [0.1, 0.15) is 68.6 Å². The second-order valence-electron chi connectivity index (χ2n) is 9.64. The summed E-state index contributed by atoms with van der Waals surface area (Å²) < 4.78 is 17.8. The Balaban J connectivity index is 1.94. The number of pyridine rings is 1. The Hall–Kier alpha value is -3.46. The van der Waals surface area contributed by atoms with Gasteiger partial charge in [-0.1, -0.05) is 60.8 Å². The van der Waals surface area contributed by atoms with Gasteiger partial charge in [0.05, 0.1) is 12.6 Å². The Morgan fingerprint density at radius 2 is 1.54 bits per heavy atom. The van der Waals surface area contributed by atoms with E-state index in [1.807, 2.05) is 19.1 Å². The first-order valence-electron chi connectivity index (χ1n) is 13.5. The van der Waals surface area contributed by atoms with Crippen molar-refractivity contribution in [2.45, 2.75) is 64.0 Å². The highest BCUT2D eigenvalue weighted by molar-refractivity contribution is 6.30. The number of halogens is 2. The summed E-state index contributed by atoms with van der Waals surface area (Å²) in [4.78, 5) is 45.9. The number of hydrogen-bond donors (Lipinski definition) is 0. The fraction of sp³-hybridized carbons (Fsp3) is 0.355. The van der Waals surface area contributed by atoms with Gasteiger partial charge in [0.1, 0.15) is 12.1 Å². The van der Waals surface area contributed by atoms with Gasteiger partial charge in [-0.2, -0.15) is 0 Å². The molecular weight excluding hydrogens is 567 g/mol. The van der Waals surface area contributed by atoms with Crippen molar-refractivity contribution in [3.63, 3.8) is 0 Å². The molecule has 1 unspecified atom stereocenters. The lowest BCUT2D eigenvalue weighted by molar-refractivity contribution is -0.203. The molecule has 0 aliphatic carbocycles. The normalized spacial score (nSPS) is 20.3.